The smallest absolute Gasteiger partial charge is 0.179 e. The van der Waals surface area contributed by atoms with Crippen molar-refractivity contribution in [2.75, 3.05) is 19.0 Å². The van der Waals surface area contributed by atoms with Gasteiger partial charge in [0.1, 0.15) is 13.2 Å². The van der Waals surface area contributed by atoms with Crippen molar-refractivity contribution < 1.29 is 9.47 Å². The summed E-state index contributed by atoms with van der Waals surface area (Å²) in [7, 11) is 0. The number of halogens is 1. The van der Waals surface area contributed by atoms with Gasteiger partial charge in [-0.3, -0.25) is 5.32 Å². The Bertz CT molecular complexity index is 455. The van der Waals surface area contributed by atoms with E-state index in [2.05, 4.69) is 12.2 Å². The number of nitrogens with one attached hydrogen (secondary N) is 1. The Balaban J connectivity index is 1.90. The minimum absolute atomic E-state index is 0.294. The van der Waals surface area contributed by atoms with Crippen molar-refractivity contribution in [1.29, 1.82) is 0 Å². The van der Waals surface area contributed by atoms with Crippen LogP contribution in [-0.2, 0) is 0 Å². The molecule has 1 fully saturated rings. The van der Waals surface area contributed by atoms with Gasteiger partial charge in [0.25, 0.3) is 0 Å². The van der Waals surface area contributed by atoms with Gasteiger partial charge >= 0.3 is 0 Å². The van der Waals surface area contributed by atoms with Crippen LogP contribution in [0.1, 0.15) is 24.3 Å². The van der Waals surface area contributed by atoms with Gasteiger partial charge in [-0.15, -0.1) is 11.8 Å². The highest BCUT2D eigenvalue weighted by Crippen LogP contribution is 2.42. The molecule has 18 heavy (non-hydrogen) atoms. The highest BCUT2D eigenvalue weighted by molar-refractivity contribution is 7.99. The van der Waals surface area contributed by atoms with Crippen LogP contribution >= 0.6 is 23.4 Å². The van der Waals surface area contributed by atoms with Gasteiger partial charge in [0, 0.05) is 6.04 Å². The summed E-state index contributed by atoms with van der Waals surface area (Å²) in [5.74, 6) is 2.62. The van der Waals surface area contributed by atoms with E-state index < -0.39 is 0 Å². The third kappa shape index (κ3) is 2.42. The Kier molecular flexibility index (Phi) is 3.59. The van der Waals surface area contributed by atoms with Gasteiger partial charge in [-0.1, -0.05) is 11.6 Å². The number of hydrogen-bond acceptors (Lipinski definition) is 4. The fourth-order valence-corrected chi connectivity index (χ4v) is 3.88. The summed E-state index contributed by atoms with van der Waals surface area (Å²) in [6, 6.07) is 4.57. The van der Waals surface area contributed by atoms with Crippen molar-refractivity contribution in [2.24, 2.45) is 0 Å². The van der Waals surface area contributed by atoms with Crippen LogP contribution in [0.5, 0.6) is 11.5 Å². The molecule has 5 heteroatoms. The molecule has 3 nitrogen and oxygen atoms in total. The van der Waals surface area contributed by atoms with Crippen molar-refractivity contribution in [3.63, 3.8) is 0 Å². The first-order chi connectivity index (χ1) is 8.74. The standard InChI is InChI=1S/C13H16ClNO2S/c1-8-2-5-18-13(15-8)9-6-10(14)12-11(7-9)16-3-4-17-12/h6-8,13,15H,2-5H2,1H3. The Morgan fingerprint density at radius 1 is 1.33 bits per heavy atom. The molecule has 1 aromatic carbocycles. The average molecular weight is 286 g/mol. The quantitative estimate of drug-likeness (QED) is 0.858. The van der Waals surface area contributed by atoms with E-state index in [-0.39, 0.29) is 0 Å². The summed E-state index contributed by atoms with van der Waals surface area (Å²) >= 11 is 8.17. The Hall–Kier alpha value is -0.580. The highest BCUT2D eigenvalue weighted by atomic mass is 35.5. The summed E-state index contributed by atoms with van der Waals surface area (Å²) in [5, 5.41) is 4.51. The lowest BCUT2D eigenvalue weighted by molar-refractivity contribution is 0.171. The fourth-order valence-electron chi connectivity index (χ4n) is 2.23. The number of benzene rings is 1. The molecule has 0 saturated carbocycles. The van der Waals surface area contributed by atoms with Crippen molar-refractivity contribution in [1.82, 2.24) is 5.32 Å². The van der Waals surface area contributed by atoms with E-state index >= 15 is 0 Å². The number of hydrogen-bond donors (Lipinski definition) is 1. The maximum atomic E-state index is 6.26. The molecule has 2 atom stereocenters. The molecule has 0 aliphatic carbocycles. The lowest BCUT2D eigenvalue weighted by Gasteiger charge is -2.29. The molecule has 0 spiro atoms. The molecule has 2 aliphatic heterocycles. The van der Waals surface area contributed by atoms with Crippen molar-refractivity contribution in [3.05, 3.63) is 22.7 Å². The highest BCUT2D eigenvalue weighted by Gasteiger charge is 2.24. The molecular weight excluding hydrogens is 270 g/mol. The Labute approximate surface area is 116 Å². The SMILES string of the molecule is CC1CCSC(c2cc(Cl)c3c(c2)OCCO3)N1. The van der Waals surface area contributed by atoms with Gasteiger partial charge < -0.3 is 9.47 Å². The summed E-state index contributed by atoms with van der Waals surface area (Å²) in [6.45, 7) is 3.38. The van der Waals surface area contributed by atoms with E-state index in [4.69, 9.17) is 21.1 Å². The molecule has 0 amide bonds. The third-order valence-corrected chi connectivity index (χ3v) is 4.69. The molecule has 0 bridgehead atoms. The second-order valence-corrected chi connectivity index (χ2v) is 6.25. The van der Waals surface area contributed by atoms with Gasteiger partial charge in [-0.25, -0.2) is 0 Å². The maximum absolute atomic E-state index is 6.26. The van der Waals surface area contributed by atoms with Crippen LogP contribution in [0.2, 0.25) is 5.02 Å². The van der Waals surface area contributed by atoms with Crippen molar-refractivity contribution in [2.45, 2.75) is 24.8 Å². The summed E-state index contributed by atoms with van der Waals surface area (Å²) in [6.07, 6.45) is 1.21. The monoisotopic (exact) mass is 285 g/mol. The van der Waals surface area contributed by atoms with Crippen molar-refractivity contribution in [3.8, 4) is 11.5 Å². The average Bonchev–Trinajstić information content (AvgIpc) is 2.39. The Morgan fingerprint density at radius 2 is 2.17 bits per heavy atom. The molecule has 2 unspecified atom stereocenters. The van der Waals surface area contributed by atoms with Crippen LogP contribution in [0.15, 0.2) is 12.1 Å². The minimum atomic E-state index is 0.294. The van der Waals surface area contributed by atoms with Gasteiger partial charge in [0.2, 0.25) is 0 Å². The second kappa shape index (κ2) is 5.19. The molecule has 1 saturated heterocycles. The first kappa shape index (κ1) is 12.5. The molecule has 2 aliphatic rings. The lowest BCUT2D eigenvalue weighted by Crippen LogP contribution is -2.33. The fraction of sp³-hybridized carbons (Fsp3) is 0.538. The van der Waals surface area contributed by atoms with E-state index in [9.17, 15) is 0 Å². The summed E-state index contributed by atoms with van der Waals surface area (Å²) in [4.78, 5) is 0. The number of fused-ring (bicyclic) bond motifs is 1. The van der Waals surface area contributed by atoms with Gasteiger partial charge in [0.15, 0.2) is 11.5 Å². The van der Waals surface area contributed by atoms with Gasteiger partial charge in [0.05, 0.1) is 10.4 Å². The second-order valence-electron chi connectivity index (χ2n) is 4.63. The predicted octanol–water partition coefficient (Wildman–Crippen LogP) is 3.22. The first-order valence-electron chi connectivity index (χ1n) is 6.21. The van der Waals surface area contributed by atoms with Gasteiger partial charge in [-0.2, -0.15) is 0 Å². The Morgan fingerprint density at radius 3 is 3.00 bits per heavy atom. The molecule has 2 heterocycles. The summed E-state index contributed by atoms with van der Waals surface area (Å²) < 4.78 is 11.1. The van der Waals surface area contributed by atoms with Crippen LogP contribution in [0, 0.1) is 0 Å². The van der Waals surface area contributed by atoms with Crippen molar-refractivity contribution >= 4 is 23.4 Å². The zero-order chi connectivity index (χ0) is 12.5. The summed E-state index contributed by atoms with van der Waals surface area (Å²) in [5.41, 5.74) is 1.17. The molecule has 0 radical (unpaired) electrons. The van der Waals surface area contributed by atoms with Crippen LogP contribution < -0.4 is 14.8 Å². The first-order valence-corrected chi connectivity index (χ1v) is 7.63. The normalized spacial score (nSPS) is 27.0. The molecular formula is C13H16ClNO2S. The molecule has 98 valence electrons. The van der Waals surface area contributed by atoms with E-state index in [1.54, 1.807) is 0 Å². The molecule has 1 N–H and O–H groups in total. The third-order valence-electron chi connectivity index (χ3n) is 3.19. The molecule has 1 aromatic rings. The zero-order valence-corrected chi connectivity index (χ0v) is 11.8. The van der Waals surface area contributed by atoms with Crippen LogP contribution in [0.3, 0.4) is 0 Å². The van der Waals surface area contributed by atoms with E-state index in [0.29, 0.717) is 35.4 Å². The lowest BCUT2D eigenvalue weighted by atomic mass is 10.1. The van der Waals surface area contributed by atoms with E-state index in [1.165, 1.54) is 17.7 Å². The van der Waals surface area contributed by atoms with Gasteiger partial charge in [-0.05, 0) is 36.8 Å². The number of rotatable bonds is 1. The largest absolute Gasteiger partial charge is 0.486 e. The number of ether oxygens (including phenoxy) is 2. The van der Waals surface area contributed by atoms with Crippen LogP contribution in [-0.4, -0.2) is 25.0 Å². The molecule has 0 aromatic heterocycles. The van der Waals surface area contributed by atoms with Crippen LogP contribution in [0.25, 0.3) is 0 Å². The molecule has 3 rings (SSSR count). The van der Waals surface area contributed by atoms with E-state index in [0.717, 1.165) is 5.75 Å². The predicted molar refractivity (Wildman–Crippen MR) is 74.9 cm³/mol. The maximum Gasteiger partial charge on any atom is 0.179 e. The number of thioether (sulfide) groups is 1. The van der Waals surface area contributed by atoms with Crippen LogP contribution in [0.4, 0.5) is 0 Å². The zero-order valence-electron chi connectivity index (χ0n) is 10.2. The van der Waals surface area contributed by atoms with E-state index in [1.807, 2.05) is 23.9 Å². The minimum Gasteiger partial charge on any atom is -0.486 e. The topological polar surface area (TPSA) is 30.5 Å².